The Bertz CT molecular complexity index is 289. The van der Waals surface area contributed by atoms with Crippen LogP contribution in [0.25, 0.3) is 0 Å². The zero-order valence-electron chi connectivity index (χ0n) is 7.22. The average Bonchev–Trinajstić information content (AvgIpc) is 2.13. The Morgan fingerprint density at radius 2 is 2.31 bits per heavy atom. The summed E-state index contributed by atoms with van der Waals surface area (Å²) in [5.41, 5.74) is 0.904. The molecule has 1 aromatic rings. The normalized spacial score (nSPS) is 12.9. The minimum absolute atomic E-state index is 0.0344. The van der Waals surface area contributed by atoms with Crippen LogP contribution in [0.4, 0.5) is 0 Å². The van der Waals surface area contributed by atoms with E-state index in [0.29, 0.717) is 5.02 Å². The zero-order valence-corrected chi connectivity index (χ0v) is 9.56. The quantitative estimate of drug-likeness (QED) is 0.878. The lowest BCUT2D eigenvalue weighted by Crippen LogP contribution is -2.20. The fourth-order valence-corrected chi connectivity index (χ4v) is 1.75. The summed E-state index contributed by atoms with van der Waals surface area (Å²) in [4.78, 5) is 0. The number of nitrogens with one attached hydrogen (secondary N) is 1. The zero-order chi connectivity index (χ0) is 9.84. The monoisotopic (exact) mass is 263 g/mol. The van der Waals surface area contributed by atoms with Gasteiger partial charge in [-0.15, -0.1) is 0 Å². The lowest BCUT2D eigenvalue weighted by molar-refractivity contribution is 0.251. The number of hydrogen-bond acceptors (Lipinski definition) is 2. The van der Waals surface area contributed by atoms with Gasteiger partial charge >= 0.3 is 0 Å². The Balaban J connectivity index is 3.03. The molecule has 4 heteroatoms. The van der Waals surface area contributed by atoms with Crippen LogP contribution < -0.4 is 5.32 Å². The topological polar surface area (TPSA) is 32.3 Å². The van der Waals surface area contributed by atoms with Gasteiger partial charge in [-0.25, -0.2) is 0 Å². The summed E-state index contributed by atoms with van der Waals surface area (Å²) >= 11 is 9.33. The molecule has 0 amide bonds. The average molecular weight is 265 g/mol. The van der Waals surface area contributed by atoms with Crippen LogP contribution in [0.1, 0.15) is 11.6 Å². The van der Waals surface area contributed by atoms with Gasteiger partial charge in [0.05, 0.1) is 12.6 Å². The summed E-state index contributed by atoms with van der Waals surface area (Å²) in [7, 11) is 1.79. The maximum atomic E-state index is 9.06. The minimum Gasteiger partial charge on any atom is -0.394 e. The second-order valence-corrected chi connectivity index (χ2v) is 4.01. The third kappa shape index (κ3) is 2.68. The maximum absolute atomic E-state index is 9.06. The first-order valence-electron chi connectivity index (χ1n) is 3.92. The molecule has 0 unspecified atom stereocenters. The van der Waals surface area contributed by atoms with Gasteiger partial charge in [0.15, 0.2) is 0 Å². The van der Waals surface area contributed by atoms with Crippen LogP contribution in [0.15, 0.2) is 22.7 Å². The molecule has 0 aliphatic heterocycles. The molecule has 2 nitrogen and oxygen atoms in total. The van der Waals surface area contributed by atoms with Gasteiger partial charge < -0.3 is 10.4 Å². The van der Waals surface area contributed by atoms with E-state index in [1.54, 1.807) is 13.1 Å². The number of aliphatic hydroxyl groups is 1. The summed E-state index contributed by atoms with van der Waals surface area (Å²) in [5, 5.41) is 12.7. The number of hydrogen-bond donors (Lipinski definition) is 2. The van der Waals surface area contributed by atoms with Crippen LogP contribution >= 0.6 is 27.5 Å². The molecule has 1 atom stereocenters. The molecule has 0 fully saturated rings. The first kappa shape index (κ1) is 11.0. The number of rotatable bonds is 3. The van der Waals surface area contributed by atoms with Crippen LogP contribution in [0.2, 0.25) is 5.02 Å². The van der Waals surface area contributed by atoms with Gasteiger partial charge in [0, 0.05) is 9.50 Å². The van der Waals surface area contributed by atoms with Crippen molar-refractivity contribution in [3.05, 3.63) is 33.3 Å². The molecule has 0 aromatic heterocycles. The fraction of sp³-hybridized carbons (Fsp3) is 0.333. The number of halogens is 2. The molecular weight excluding hydrogens is 253 g/mol. The summed E-state index contributed by atoms with van der Waals surface area (Å²) in [6, 6.07) is 5.47. The number of benzene rings is 1. The van der Waals surface area contributed by atoms with Gasteiger partial charge in [0.25, 0.3) is 0 Å². The molecule has 0 spiro atoms. The third-order valence-electron chi connectivity index (χ3n) is 1.86. The van der Waals surface area contributed by atoms with Gasteiger partial charge in [-0.2, -0.15) is 0 Å². The molecule has 0 heterocycles. The molecule has 0 saturated carbocycles. The largest absolute Gasteiger partial charge is 0.394 e. The lowest BCUT2D eigenvalue weighted by atomic mass is 10.1. The molecule has 1 aromatic carbocycles. The first-order valence-corrected chi connectivity index (χ1v) is 5.09. The second kappa shape index (κ2) is 4.96. The summed E-state index contributed by atoms with van der Waals surface area (Å²) < 4.78 is 0.959. The van der Waals surface area contributed by atoms with Crippen LogP contribution in [0.5, 0.6) is 0 Å². The van der Waals surface area contributed by atoms with E-state index >= 15 is 0 Å². The SMILES string of the molecule is CN[C@H](CO)c1cc(Br)ccc1Cl. The highest BCUT2D eigenvalue weighted by atomic mass is 79.9. The van der Waals surface area contributed by atoms with E-state index in [9.17, 15) is 0 Å². The standard InChI is InChI=1S/C9H11BrClNO/c1-12-9(5-13)7-4-6(10)2-3-8(7)11/h2-4,9,12-13H,5H2,1H3/t9-/m1/s1. The Kier molecular flexibility index (Phi) is 4.19. The van der Waals surface area contributed by atoms with Crippen LogP contribution in [0, 0.1) is 0 Å². The highest BCUT2D eigenvalue weighted by Gasteiger charge is 2.11. The smallest absolute Gasteiger partial charge is 0.0626 e. The summed E-state index contributed by atoms with van der Waals surface area (Å²) in [5.74, 6) is 0. The van der Waals surface area contributed by atoms with Crippen molar-refractivity contribution in [3.63, 3.8) is 0 Å². The number of aliphatic hydroxyl groups excluding tert-OH is 1. The lowest BCUT2D eigenvalue weighted by Gasteiger charge is -2.15. The van der Waals surface area contributed by atoms with Crippen molar-refractivity contribution in [2.45, 2.75) is 6.04 Å². The highest BCUT2D eigenvalue weighted by Crippen LogP contribution is 2.25. The Morgan fingerprint density at radius 1 is 1.62 bits per heavy atom. The van der Waals surface area contributed by atoms with Crippen molar-refractivity contribution >= 4 is 27.5 Å². The molecule has 0 aliphatic carbocycles. The van der Waals surface area contributed by atoms with Gasteiger partial charge in [0.2, 0.25) is 0 Å². The van der Waals surface area contributed by atoms with Gasteiger partial charge in [-0.3, -0.25) is 0 Å². The first-order chi connectivity index (χ1) is 6.19. The van der Waals surface area contributed by atoms with Gasteiger partial charge in [-0.1, -0.05) is 27.5 Å². The predicted octanol–water partition coefficient (Wildman–Crippen LogP) is 2.36. The van der Waals surface area contributed by atoms with Crippen LogP contribution in [-0.2, 0) is 0 Å². The molecule has 2 N–H and O–H groups in total. The Morgan fingerprint density at radius 3 is 2.85 bits per heavy atom. The molecule has 0 aliphatic rings. The Hall–Kier alpha value is -0.0900. The van der Waals surface area contributed by atoms with E-state index in [4.69, 9.17) is 16.7 Å². The van der Waals surface area contributed by atoms with Crippen LogP contribution in [-0.4, -0.2) is 18.8 Å². The molecule has 1 rings (SSSR count). The van der Waals surface area contributed by atoms with E-state index in [0.717, 1.165) is 10.0 Å². The van der Waals surface area contributed by atoms with E-state index in [1.165, 1.54) is 0 Å². The summed E-state index contributed by atoms with van der Waals surface area (Å²) in [6.45, 7) is 0.0344. The molecule has 0 radical (unpaired) electrons. The van der Waals surface area contributed by atoms with Gasteiger partial charge in [-0.05, 0) is 30.8 Å². The van der Waals surface area contributed by atoms with Crippen LogP contribution in [0.3, 0.4) is 0 Å². The van der Waals surface area contributed by atoms with E-state index in [1.807, 2.05) is 12.1 Å². The van der Waals surface area contributed by atoms with Crippen molar-refractivity contribution in [3.8, 4) is 0 Å². The number of likely N-dealkylation sites (N-methyl/N-ethyl adjacent to an activating group) is 1. The molecule has 0 saturated heterocycles. The second-order valence-electron chi connectivity index (χ2n) is 2.69. The molecule has 0 bridgehead atoms. The fourth-order valence-electron chi connectivity index (χ4n) is 1.13. The van der Waals surface area contributed by atoms with Crippen molar-refractivity contribution in [1.29, 1.82) is 0 Å². The molecular formula is C9H11BrClNO. The van der Waals surface area contributed by atoms with E-state index in [-0.39, 0.29) is 12.6 Å². The van der Waals surface area contributed by atoms with E-state index < -0.39 is 0 Å². The van der Waals surface area contributed by atoms with Crippen molar-refractivity contribution < 1.29 is 5.11 Å². The molecule has 72 valence electrons. The minimum atomic E-state index is -0.106. The van der Waals surface area contributed by atoms with Crippen molar-refractivity contribution in [2.24, 2.45) is 0 Å². The Labute approximate surface area is 91.0 Å². The van der Waals surface area contributed by atoms with Crippen molar-refractivity contribution in [2.75, 3.05) is 13.7 Å². The van der Waals surface area contributed by atoms with Gasteiger partial charge in [0.1, 0.15) is 0 Å². The maximum Gasteiger partial charge on any atom is 0.0626 e. The summed E-state index contributed by atoms with van der Waals surface area (Å²) in [6.07, 6.45) is 0. The third-order valence-corrected chi connectivity index (χ3v) is 2.70. The highest BCUT2D eigenvalue weighted by molar-refractivity contribution is 9.10. The predicted molar refractivity (Wildman–Crippen MR) is 58.0 cm³/mol. The van der Waals surface area contributed by atoms with E-state index in [2.05, 4.69) is 21.2 Å². The van der Waals surface area contributed by atoms with Crippen molar-refractivity contribution in [1.82, 2.24) is 5.32 Å². The molecule has 13 heavy (non-hydrogen) atoms.